The molecule has 0 atom stereocenters. The van der Waals surface area contributed by atoms with Gasteiger partial charge in [0, 0.05) is 6.07 Å². The van der Waals surface area contributed by atoms with Crippen LogP contribution in [-0.2, 0) is 0 Å². The molecular formula is C7H3F2NOS. The van der Waals surface area contributed by atoms with E-state index in [2.05, 4.69) is 4.98 Å². The summed E-state index contributed by atoms with van der Waals surface area (Å²) < 4.78 is 25.6. The smallest absolute Gasteiger partial charge is 0.305 e. The molecular weight excluding hydrogens is 184 g/mol. The average molecular weight is 187 g/mol. The number of aromatic nitrogens is 1. The van der Waals surface area contributed by atoms with Crippen LogP contribution in [0.1, 0.15) is 0 Å². The van der Waals surface area contributed by atoms with Gasteiger partial charge in [-0.2, -0.15) is 0 Å². The molecule has 1 N–H and O–H groups in total. The van der Waals surface area contributed by atoms with Crippen molar-refractivity contribution in [2.45, 2.75) is 0 Å². The molecule has 62 valence electrons. The maximum absolute atomic E-state index is 12.9. The van der Waals surface area contributed by atoms with Gasteiger partial charge in [0.1, 0.15) is 11.6 Å². The molecule has 0 unspecified atom stereocenters. The highest BCUT2D eigenvalue weighted by Gasteiger charge is 2.06. The van der Waals surface area contributed by atoms with Crippen molar-refractivity contribution in [1.29, 1.82) is 0 Å². The molecule has 1 aromatic heterocycles. The van der Waals surface area contributed by atoms with E-state index in [0.29, 0.717) is 0 Å². The third kappa shape index (κ3) is 1.02. The first-order chi connectivity index (χ1) is 5.66. The number of aromatic amines is 1. The molecule has 0 fully saturated rings. The van der Waals surface area contributed by atoms with E-state index < -0.39 is 11.6 Å². The van der Waals surface area contributed by atoms with Gasteiger partial charge < -0.3 is 4.98 Å². The minimum Gasteiger partial charge on any atom is -0.312 e. The first-order valence-electron chi connectivity index (χ1n) is 3.15. The van der Waals surface area contributed by atoms with E-state index in [4.69, 9.17) is 0 Å². The molecule has 0 aliphatic carbocycles. The van der Waals surface area contributed by atoms with Crippen LogP contribution in [-0.4, -0.2) is 4.98 Å². The molecule has 2 rings (SSSR count). The zero-order valence-corrected chi connectivity index (χ0v) is 6.54. The molecule has 0 aliphatic heterocycles. The molecule has 1 aromatic carbocycles. The van der Waals surface area contributed by atoms with Crippen LogP contribution in [0.5, 0.6) is 0 Å². The fraction of sp³-hybridized carbons (Fsp3) is 0. The molecule has 0 amide bonds. The van der Waals surface area contributed by atoms with Crippen molar-refractivity contribution in [3.05, 3.63) is 33.4 Å². The van der Waals surface area contributed by atoms with Crippen LogP contribution in [0.15, 0.2) is 16.9 Å². The van der Waals surface area contributed by atoms with E-state index in [1.807, 2.05) is 0 Å². The van der Waals surface area contributed by atoms with E-state index in [0.717, 1.165) is 23.5 Å². The molecule has 0 spiro atoms. The van der Waals surface area contributed by atoms with E-state index in [9.17, 15) is 13.6 Å². The van der Waals surface area contributed by atoms with Crippen molar-refractivity contribution in [1.82, 2.24) is 4.98 Å². The lowest BCUT2D eigenvalue weighted by atomic mass is 10.3. The summed E-state index contributed by atoms with van der Waals surface area (Å²) >= 11 is 0.735. The summed E-state index contributed by atoms with van der Waals surface area (Å²) in [5.41, 5.74) is 0.211. The summed E-state index contributed by atoms with van der Waals surface area (Å²) in [4.78, 5) is 12.7. The summed E-state index contributed by atoms with van der Waals surface area (Å²) in [6.45, 7) is 0. The van der Waals surface area contributed by atoms with E-state index in [1.54, 1.807) is 0 Å². The molecule has 0 saturated carbocycles. The van der Waals surface area contributed by atoms with Gasteiger partial charge in [-0.1, -0.05) is 11.3 Å². The molecule has 0 radical (unpaired) electrons. The molecule has 0 saturated heterocycles. The van der Waals surface area contributed by atoms with Crippen LogP contribution in [0, 0.1) is 11.6 Å². The van der Waals surface area contributed by atoms with Crippen LogP contribution in [0.4, 0.5) is 8.78 Å². The number of nitrogens with one attached hydrogen (secondary N) is 1. The minimum atomic E-state index is -0.701. The van der Waals surface area contributed by atoms with Crippen LogP contribution in [0.2, 0.25) is 0 Å². The predicted octanol–water partition coefficient (Wildman–Crippen LogP) is 1.87. The maximum atomic E-state index is 12.9. The Kier molecular flexibility index (Phi) is 1.47. The summed E-state index contributed by atoms with van der Waals surface area (Å²) in [6.07, 6.45) is 0. The van der Waals surface area contributed by atoms with Crippen LogP contribution in [0.25, 0.3) is 10.2 Å². The monoisotopic (exact) mass is 187 g/mol. The Balaban J connectivity index is 2.97. The first kappa shape index (κ1) is 7.42. The van der Waals surface area contributed by atoms with Crippen LogP contribution in [0.3, 0.4) is 0 Å². The molecule has 0 aliphatic rings. The van der Waals surface area contributed by atoms with Crippen molar-refractivity contribution in [3.8, 4) is 0 Å². The Labute approximate surface area is 69.5 Å². The number of fused-ring (bicyclic) bond motifs is 1. The molecule has 2 aromatic rings. The SMILES string of the molecule is O=c1[nH]c2cc(F)cc(F)c2s1. The van der Waals surface area contributed by atoms with Gasteiger partial charge in [-0.15, -0.1) is 0 Å². The van der Waals surface area contributed by atoms with Gasteiger partial charge in [-0.05, 0) is 6.07 Å². The summed E-state index contributed by atoms with van der Waals surface area (Å²) in [7, 11) is 0. The zero-order valence-electron chi connectivity index (χ0n) is 5.73. The van der Waals surface area contributed by atoms with Crippen molar-refractivity contribution in [3.63, 3.8) is 0 Å². The lowest BCUT2D eigenvalue weighted by molar-refractivity contribution is 0.593. The number of hydrogen-bond donors (Lipinski definition) is 1. The highest BCUT2D eigenvalue weighted by molar-refractivity contribution is 7.16. The van der Waals surface area contributed by atoms with Gasteiger partial charge in [-0.25, -0.2) is 8.78 Å². The largest absolute Gasteiger partial charge is 0.312 e. The van der Waals surface area contributed by atoms with E-state index in [-0.39, 0.29) is 15.1 Å². The number of hydrogen-bond acceptors (Lipinski definition) is 2. The predicted molar refractivity (Wildman–Crippen MR) is 42.4 cm³/mol. The highest BCUT2D eigenvalue weighted by Crippen LogP contribution is 2.19. The summed E-state index contributed by atoms with van der Waals surface area (Å²) in [5, 5.41) is 0. The Morgan fingerprint density at radius 1 is 1.33 bits per heavy atom. The lowest BCUT2D eigenvalue weighted by Gasteiger charge is -1.90. The van der Waals surface area contributed by atoms with Gasteiger partial charge in [-0.3, -0.25) is 4.79 Å². The third-order valence-electron chi connectivity index (χ3n) is 1.44. The van der Waals surface area contributed by atoms with Crippen LogP contribution < -0.4 is 4.87 Å². The number of thiazole rings is 1. The van der Waals surface area contributed by atoms with Gasteiger partial charge in [0.2, 0.25) is 0 Å². The molecule has 2 nitrogen and oxygen atoms in total. The highest BCUT2D eigenvalue weighted by atomic mass is 32.1. The Morgan fingerprint density at radius 3 is 2.83 bits per heavy atom. The first-order valence-corrected chi connectivity index (χ1v) is 3.96. The summed E-state index contributed by atoms with van der Waals surface area (Å²) in [6, 6.07) is 1.85. The standard InChI is InChI=1S/C7H3F2NOS/c8-3-1-4(9)6-5(2-3)10-7(11)12-6/h1-2H,(H,10,11). The molecule has 12 heavy (non-hydrogen) atoms. The molecule has 1 heterocycles. The molecule has 0 bridgehead atoms. The number of halogens is 2. The van der Waals surface area contributed by atoms with E-state index >= 15 is 0 Å². The normalized spacial score (nSPS) is 10.8. The van der Waals surface area contributed by atoms with E-state index in [1.165, 1.54) is 0 Å². The third-order valence-corrected chi connectivity index (χ3v) is 2.35. The topological polar surface area (TPSA) is 32.9 Å². The van der Waals surface area contributed by atoms with Crippen molar-refractivity contribution in [2.75, 3.05) is 0 Å². The van der Waals surface area contributed by atoms with Crippen molar-refractivity contribution >= 4 is 21.6 Å². The molecule has 5 heteroatoms. The number of rotatable bonds is 0. The fourth-order valence-electron chi connectivity index (χ4n) is 0.985. The second kappa shape index (κ2) is 2.38. The van der Waals surface area contributed by atoms with Crippen LogP contribution >= 0.6 is 11.3 Å². The average Bonchev–Trinajstić information content (AvgIpc) is 2.29. The second-order valence-corrected chi connectivity index (χ2v) is 3.26. The quantitative estimate of drug-likeness (QED) is 0.671. The summed E-state index contributed by atoms with van der Waals surface area (Å²) in [5.74, 6) is -1.39. The number of benzene rings is 1. The Bertz CT molecular complexity index is 488. The van der Waals surface area contributed by atoms with Crippen molar-refractivity contribution in [2.24, 2.45) is 0 Å². The maximum Gasteiger partial charge on any atom is 0.305 e. The van der Waals surface area contributed by atoms with Crippen molar-refractivity contribution < 1.29 is 8.78 Å². The minimum absolute atomic E-state index is 0.168. The van der Waals surface area contributed by atoms with Gasteiger partial charge in [0.15, 0.2) is 0 Å². The zero-order chi connectivity index (χ0) is 8.72. The number of H-pyrrole nitrogens is 1. The second-order valence-electron chi connectivity index (χ2n) is 2.28. The van der Waals surface area contributed by atoms with Gasteiger partial charge >= 0.3 is 4.87 Å². The Morgan fingerprint density at radius 2 is 2.08 bits per heavy atom. The fourth-order valence-corrected chi connectivity index (χ4v) is 1.71. The lowest BCUT2D eigenvalue weighted by Crippen LogP contribution is -1.89. The van der Waals surface area contributed by atoms with Gasteiger partial charge in [0.05, 0.1) is 10.2 Å². The van der Waals surface area contributed by atoms with Gasteiger partial charge in [0.25, 0.3) is 0 Å². The Hall–Kier alpha value is -1.23.